The third-order valence-electron chi connectivity index (χ3n) is 3.55. The molecule has 0 aliphatic heterocycles. The van der Waals surface area contributed by atoms with Gasteiger partial charge in [0.05, 0.1) is 0 Å². The average Bonchev–Trinajstić information content (AvgIpc) is 2.87. The third kappa shape index (κ3) is 15.6. The van der Waals surface area contributed by atoms with Crippen molar-refractivity contribution >= 4 is 17.1 Å². The van der Waals surface area contributed by atoms with Crippen LogP contribution in [0, 0.1) is 6.92 Å². The molecule has 2 aromatic rings. The lowest BCUT2D eigenvalue weighted by Crippen LogP contribution is -2.03. The zero-order valence-electron chi connectivity index (χ0n) is 23.6. The molecule has 0 aliphatic carbocycles. The summed E-state index contributed by atoms with van der Waals surface area (Å²) in [5.41, 5.74) is 6.47. The van der Waals surface area contributed by atoms with Crippen molar-refractivity contribution in [3.05, 3.63) is 83.2 Å². The number of pyridine rings is 1. The van der Waals surface area contributed by atoms with Gasteiger partial charge < -0.3 is 0 Å². The number of aromatic nitrogens is 1. The van der Waals surface area contributed by atoms with Crippen LogP contribution < -0.4 is 0 Å². The summed E-state index contributed by atoms with van der Waals surface area (Å²) in [6, 6.07) is 14.2. The summed E-state index contributed by atoms with van der Waals surface area (Å²) in [7, 11) is 1.74. The molecule has 0 radical (unpaired) electrons. The van der Waals surface area contributed by atoms with Crippen LogP contribution in [0.1, 0.15) is 93.0 Å². The molecule has 1 aromatic heterocycles. The summed E-state index contributed by atoms with van der Waals surface area (Å²) < 4.78 is 0. The van der Waals surface area contributed by atoms with E-state index in [4.69, 9.17) is 0 Å². The molecule has 1 heterocycles. The number of hydrogen-bond acceptors (Lipinski definition) is 2. The summed E-state index contributed by atoms with van der Waals surface area (Å²) in [4.78, 5) is 13.3. The first-order valence-electron chi connectivity index (χ1n) is 12.4. The topological polar surface area (TPSA) is 37.6 Å². The van der Waals surface area contributed by atoms with E-state index in [0.29, 0.717) is 5.84 Å². The van der Waals surface area contributed by atoms with E-state index in [1.165, 1.54) is 16.7 Å². The quantitative estimate of drug-likeness (QED) is 0.259. The highest BCUT2D eigenvalue weighted by Gasteiger charge is 2.04. The van der Waals surface area contributed by atoms with Crippen LogP contribution in [-0.4, -0.2) is 23.6 Å². The third-order valence-corrected chi connectivity index (χ3v) is 3.55. The van der Waals surface area contributed by atoms with Gasteiger partial charge in [-0.1, -0.05) is 103 Å². The maximum Gasteiger partial charge on any atom is 0.173 e. The second-order valence-electron chi connectivity index (χ2n) is 6.21. The average molecular weight is 452 g/mol. The second kappa shape index (κ2) is 23.8. The van der Waals surface area contributed by atoms with Gasteiger partial charge in [-0.05, 0) is 57.0 Å². The monoisotopic (exact) mass is 451 g/mol. The normalized spacial score (nSPS) is 10.5. The van der Waals surface area contributed by atoms with E-state index in [0.717, 1.165) is 17.0 Å². The Hall–Kier alpha value is -2.81. The summed E-state index contributed by atoms with van der Waals surface area (Å²) >= 11 is 0. The Bertz CT molecular complexity index is 838. The molecular weight excluding hydrogens is 402 g/mol. The molecule has 0 atom stereocenters. The molecule has 0 amide bonds. The summed E-state index contributed by atoms with van der Waals surface area (Å²) in [5.74, 6) is 0.634. The highest BCUT2D eigenvalue weighted by molar-refractivity contribution is 6.11. The smallest absolute Gasteiger partial charge is 0.173 e. The maximum absolute atomic E-state index is 4.66. The Kier molecular flexibility index (Phi) is 25.1. The molecule has 0 bridgehead atoms. The molecule has 184 valence electrons. The summed E-state index contributed by atoms with van der Waals surface area (Å²) in [6.45, 7) is 24.3. The SMILES string of the molecule is CC.CC.CC.CC.CN=C(N=C(C)/C=C(\C=C(C)C)c1cccc(C)c1)c1ccccn1. The van der Waals surface area contributed by atoms with E-state index in [2.05, 4.69) is 72.2 Å². The number of nitrogens with zero attached hydrogens (tertiary/aromatic N) is 3. The number of hydrogen-bond donors (Lipinski definition) is 0. The van der Waals surface area contributed by atoms with Gasteiger partial charge in [0, 0.05) is 19.0 Å². The molecule has 3 nitrogen and oxygen atoms in total. The fraction of sp³-hybridized carbons (Fsp3) is 0.433. The summed E-state index contributed by atoms with van der Waals surface area (Å²) in [5, 5.41) is 0. The standard InChI is InChI=1S/C22H25N3.4C2H6/c1-16(2)13-20(19-10-8-9-17(3)14-19)15-18(4)25-22(23-5)21-11-6-7-12-24-21;4*1-2/h6-15H,1-5H3;4*1-2H3/b20-15+,23-22?,25-18?;;;;. The van der Waals surface area contributed by atoms with Crippen LogP contribution in [0.25, 0.3) is 5.57 Å². The van der Waals surface area contributed by atoms with E-state index < -0.39 is 0 Å². The van der Waals surface area contributed by atoms with Gasteiger partial charge in [0.25, 0.3) is 0 Å². The zero-order valence-corrected chi connectivity index (χ0v) is 23.6. The predicted molar refractivity (Wildman–Crippen MR) is 154 cm³/mol. The molecule has 2 rings (SSSR count). The lowest BCUT2D eigenvalue weighted by atomic mass is 10.0. The minimum Gasteiger partial charge on any atom is -0.268 e. The van der Waals surface area contributed by atoms with E-state index in [1.807, 2.05) is 80.5 Å². The van der Waals surface area contributed by atoms with Crippen molar-refractivity contribution in [2.24, 2.45) is 9.98 Å². The highest BCUT2D eigenvalue weighted by Crippen LogP contribution is 2.19. The number of benzene rings is 1. The second-order valence-corrected chi connectivity index (χ2v) is 6.21. The number of amidine groups is 1. The Morgan fingerprint density at radius 3 is 1.85 bits per heavy atom. The van der Waals surface area contributed by atoms with Crippen molar-refractivity contribution in [3.8, 4) is 0 Å². The van der Waals surface area contributed by atoms with Gasteiger partial charge >= 0.3 is 0 Å². The van der Waals surface area contributed by atoms with Crippen LogP contribution in [-0.2, 0) is 0 Å². The molecule has 0 unspecified atom stereocenters. The van der Waals surface area contributed by atoms with Gasteiger partial charge in [0.2, 0.25) is 0 Å². The van der Waals surface area contributed by atoms with Crippen LogP contribution in [0.15, 0.2) is 76.4 Å². The van der Waals surface area contributed by atoms with Crippen molar-refractivity contribution in [1.82, 2.24) is 4.98 Å². The molecular formula is C30H49N3. The molecule has 33 heavy (non-hydrogen) atoms. The van der Waals surface area contributed by atoms with E-state index >= 15 is 0 Å². The Labute approximate surface area is 205 Å². The Morgan fingerprint density at radius 1 is 0.788 bits per heavy atom. The first-order chi connectivity index (χ1) is 16.0. The molecule has 0 N–H and O–H groups in total. The lowest BCUT2D eigenvalue weighted by Gasteiger charge is -2.06. The fourth-order valence-electron chi connectivity index (χ4n) is 2.49. The van der Waals surface area contributed by atoms with Crippen LogP contribution in [0.3, 0.4) is 0 Å². The number of allylic oxidation sites excluding steroid dienone is 4. The minimum atomic E-state index is 0.634. The molecule has 3 heteroatoms. The van der Waals surface area contributed by atoms with E-state index in [1.54, 1.807) is 13.2 Å². The van der Waals surface area contributed by atoms with Gasteiger partial charge in [-0.3, -0.25) is 9.98 Å². The van der Waals surface area contributed by atoms with Crippen LogP contribution in [0.5, 0.6) is 0 Å². The maximum atomic E-state index is 4.66. The van der Waals surface area contributed by atoms with Crippen molar-refractivity contribution in [2.45, 2.75) is 83.1 Å². The first kappa shape index (κ1) is 34.8. The zero-order chi connectivity index (χ0) is 26.2. The van der Waals surface area contributed by atoms with E-state index in [9.17, 15) is 0 Å². The van der Waals surface area contributed by atoms with Crippen LogP contribution >= 0.6 is 0 Å². The molecule has 0 spiro atoms. The van der Waals surface area contributed by atoms with Gasteiger partial charge in [-0.15, -0.1) is 0 Å². The highest BCUT2D eigenvalue weighted by atomic mass is 14.9. The number of aryl methyl sites for hydroxylation is 1. The Morgan fingerprint density at radius 2 is 1.39 bits per heavy atom. The predicted octanol–water partition coefficient (Wildman–Crippen LogP) is 9.38. The van der Waals surface area contributed by atoms with Crippen molar-refractivity contribution in [2.75, 3.05) is 7.05 Å². The van der Waals surface area contributed by atoms with Crippen molar-refractivity contribution < 1.29 is 0 Å². The molecule has 0 saturated heterocycles. The number of aliphatic imine (C=N–C) groups is 2. The molecule has 1 aromatic carbocycles. The van der Waals surface area contributed by atoms with Gasteiger partial charge in [0.15, 0.2) is 5.84 Å². The van der Waals surface area contributed by atoms with Gasteiger partial charge in [-0.2, -0.15) is 0 Å². The Balaban J connectivity index is -0.00000101. The first-order valence-corrected chi connectivity index (χ1v) is 12.4. The van der Waals surface area contributed by atoms with Crippen LogP contribution in [0.2, 0.25) is 0 Å². The fourth-order valence-corrected chi connectivity index (χ4v) is 2.49. The van der Waals surface area contributed by atoms with Crippen molar-refractivity contribution in [1.29, 1.82) is 0 Å². The lowest BCUT2D eigenvalue weighted by molar-refractivity contribution is 1.25. The van der Waals surface area contributed by atoms with Crippen molar-refractivity contribution in [3.63, 3.8) is 0 Å². The number of rotatable bonds is 4. The molecule has 0 aliphatic rings. The van der Waals surface area contributed by atoms with Gasteiger partial charge in [-0.25, -0.2) is 4.99 Å². The summed E-state index contributed by atoms with van der Waals surface area (Å²) in [6.07, 6.45) is 6.02. The minimum absolute atomic E-state index is 0.634. The largest absolute Gasteiger partial charge is 0.268 e. The molecule has 0 saturated carbocycles. The molecule has 0 fully saturated rings. The van der Waals surface area contributed by atoms with Gasteiger partial charge in [0.1, 0.15) is 5.69 Å². The van der Waals surface area contributed by atoms with Crippen LogP contribution in [0.4, 0.5) is 0 Å². The van der Waals surface area contributed by atoms with E-state index in [-0.39, 0.29) is 0 Å².